The van der Waals surface area contributed by atoms with Gasteiger partial charge in [-0.15, -0.1) is 0 Å². The number of esters is 1. The number of hydrogen-bond acceptors (Lipinski definition) is 4. The van der Waals surface area contributed by atoms with Gasteiger partial charge in [0.2, 0.25) is 5.91 Å². The van der Waals surface area contributed by atoms with Gasteiger partial charge in [-0.1, -0.05) is 13.3 Å². The number of nitrogens with zero attached hydrogens (tertiary/aromatic N) is 2. The number of rotatable bonds is 8. The van der Waals surface area contributed by atoms with E-state index in [4.69, 9.17) is 4.74 Å². The van der Waals surface area contributed by atoms with Crippen molar-refractivity contribution in [3.05, 3.63) is 22.5 Å². The summed E-state index contributed by atoms with van der Waals surface area (Å²) in [5, 5.41) is 0. The van der Waals surface area contributed by atoms with Crippen molar-refractivity contribution in [2.45, 2.75) is 53.4 Å². The van der Waals surface area contributed by atoms with E-state index in [9.17, 15) is 14.4 Å². The summed E-state index contributed by atoms with van der Waals surface area (Å²) in [7, 11) is 1.76. The molecule has 0 saturated heterocycles. The standard InChI is InChI=1S/C20H30N2O4/c1-6-11-22(19(24)15-9-8-10-15)12-16(23)17-13(3)18(20(25)26-7-2)21(5)14(17)4/h15H,6-12H2,1-5H3. The lowest BCUT2D eigenvalue weighted by Crippen LogP contribution is -2.42. The second-order valence-electron chi connectivity index (χ2n) is 7.02. The van der Waals surface area contributed by atoms with Crippen molar-refractivity contribution >= 4 is 17.7 Å². The van der Waals surface area contributed by atoms with Gasteiger partial charge in [0.1, 0.15) is 5.69 Å². The van der Waals surface area contributed by atoms with Crippen LogP contribution < -0.4 is 0 Å². The second kappa shape index (κ2) is 8.52. The van der Waals surface area contributed by atoms with E-state index in [1.54, 1.807) is 30.4 Å². The molecule has 0 aliphatic heterocycles. The summed E-state index contributed by atoms with van der Waals surface area (Å²) in [5.74, 6) is -0.386. The number of hydrogen-bond donors (Lipinski definition) is 0. The van der Waals surface area contributed by atoms with Crippen LogP contribution in [0, 0.1) is 19.8 Å². The quantitative estimate of drug-likeness (QED) is 0.526. The first kappa shape index (κ1) is 20.2. The fraction of sp³-hybridized carbons (Fsp3) is 0.650. The molecule has 0 radical (unpaired) electrons. The molecule has 144 valence electrons. The van der Waals surface area contributed by atoms with Crippen LogP contribution in [0.5, 0.6) is 0 Å². The van der Waals surface area contributed by atoms with Gasteiger partial charge in [-0.05, 0) is 45.6 Å². The molecule has 26 heavy (non-hydrogen) atoms. The SMILES string of the molecule is CCCN(CC(=O)c1c(C)c(C(=O)OCC)n(C)c1C)C(=O)C1CCC1. The molecule has 0 bridgehead atoms. The van der Waals surface area contributed by atoms with Crippen molar-refractivity contribution in [3.63, 3.8) is 0 Å². The van der Waals surface area contributed by atoms with E-state index in [1.165, 1.54) is 0 Å². The fourth-order valence-corrected chi connectivity index (χ4v) is 3.58. The van der Waals surface area contributed by atoms with Crippen molar-refractivity contribution < 1.29 is 19.1 Å². The number of ketones is 1. The third-order valence-corrected chi connectivity index (χ3v) is 5.27. The maximum absolute atomic E-state index is 13.0. The van der Waals surface area contributed by atoms with Crippen LogP contribution >= 0.6 is 0 Å². The Balaban J connectivity index is 2.26. The molecule has 1 fully saturated rings. The van der Waals surface area contributed by atoms with E-state index >= 15 is 0 Å². The second-order valence-corrected chi connectivity index (χ2v) is 7.02. The van der Waals surface area contributed by atoms with Gasteiger partial charge < -0.3 is 14.2 Å². The highest BCUT2D eigenvalue weighted by molar-refractivity contribution is 6.04. The molecule has 0 aromatic carbocycles. The van der Waals surface area contributed by atoms with Crippen LogP contribution in [0.25, 0.3) is 0 Å². The molecule has 0 unspecified atom stereocenters. The lowest BCUT2D eigenvalue weighted by atomic mass is 9.84. The number of aromatic nitrogens is 1. The average Bonchev–Trinajstić information content (AvgIpc) is 2.75. The van der Waals surface area contributed by atoms with Crippen LogP contribution in [-0.2, 0) is 16.6 Å². The van der Waals surface area contributed by atoms with Gasteiger partial charge in [0.05, 0.1) is 13.2 Å². The minimum absolute atomic E-state index is 0.0666. The van der Waals surface area contributed by atoms with Crippen LogP contribution in [-0.4, -0.2) is 46.8 Å². The third kappa shape index (κ3) is 3.84. The highest BCUT2D eigenvalue weighted by Crippen LogP contribution is 2.29. The third-order valence-electron chi connectivity index (χ3n) is 5.27. The molecule has 6 nitrogen and oxygen atoms in total. The highest BCUT2D eigenvalue weighted by atomic mass is 16.5. The summed E-state index contributed by atoms with van der Waals surface area (Å²) < 4.78 is 6.82. The first-order chi connectivity index (χ1) is 12.3. The summed E-state index contributed by atoms with van der Waals surface area (Å²) in [6.45, 7) is 8.28. The number of amides is 1. The predicted molar refractivity (Wildman–Crippen MR) is 99.4 cm³/mol. The zero-order valence-electron chi connectivity index (χ0n) is 16.6. The Labute approximate surface area is 155 Å². The van der Waals surface area contributed by atoms with Crippen LogP contribution in [0.4, 0.5) is 0 Å². The van der Waals surface area contributed by atoms with Gasteiger partial charge >= 0.3 is 5.97 Å². The normalized spacial score (nSPS) is 14.0. The average molecular weight is 362 g/mol. The van der Waals surface area contributed by atoms with Crippen LogP contribution in [0.3, 0.4) is 0 Å². The topological polar surface area (TPSA) is 68.6 Å². The molecule has 1 heterocycles. The summed E-state index contributed by atoms with van der Waals surface area (Å²) in [4.78, 5) is 39.5. The molecule has 0 spiro atoms. The minimum atomic E-state index is -0.425. The monoisotopic (exact) mass is 362 g/mol. The molecule has 6 heteroatoms. The van der Waals surface area contributed by atoms with Crippen molar-refractivity contribution in [2.24, 2.45) is 13.0 Å². The molecule has 1 aromatic heterocycles. The molecule has 1 aliphatic carbocycles. The van der Waals surface area contributed by atoms with Crippen molar-refractivity contribution in [1.82, 2.24) is 9.47 Å². The Morgan fingerprint density at radius 3 is 2.35 bits per heavy atom. The Bertz CT molecular complexity index is 701. The molecular formula is C20H30N2O4. The van der Waals surface area contributed by atoms with Crippen LogP contribution in [0.1, 0.15) is 71.6 Å². The number of Topliss-reactive ketones (excluding diaryl/α,β-unsaturated/α-hetero) is 1. The fourth-order valence-electron chi connectivity index (χ4n) is 3.58. The zero-order valence-corrected chi connectivity index (χ0v) is 16.6. The van der Waals surface area contributed by atoms with E-state index < -0.39 is 5.97 Å². The first-order valence-corrected chi connectivity index (χ1v) is 9.48. The minimum Gasteiger partial charge on any atom is -0.461 e. The van der Waals surface area contributed by atoms with Crippen LogP contribution in [0.2, 0.25) is 0 Å². The van der Waals surface area contributed by atoms with E-state index in [0.717, 1.165) is 31.4 Å². The maximum atomic E-state index is 13.0. The molecule has 1 aliphatic rings. The number of carbonyl (C=O) groups excluding carboxylic acids is 3. The van der Waals surface area contributed by atoms with Crippen molar-refractivity contribution in [1.29, 1.82) is 0 Å². The van der Waals surface area contributed by atoms with Crippen LogP contribution in [0.15, 0.2) is 0 Å². The van der Waals surface area contributed by atoms with Gasteiger partial charge in [-0.25, -0.2) is 4.79 Å². The Kier molecular flexibility index (Phi) is 6.62. The van der Waals surface area contributed by atoms with E-state index in [0.29, 0.717) is 23.4 Å². The van der Waals surface area contributed by atoms with Crippen molar-refractivity contribution in [3.8, 4) is 0 Å². The van der Waals surface area contributed by atoms with Gasteiger partial charge in [0.15, 0.2) is 5.78 Å². The molecule has 1 saturated carbocycles. The van der Waals surface area contributed by atoms with E-state index in [2.05, 4.69) is 0 Å². The van der Waals surface area contributed by atoms with Gasteiger partial charge in [-0.3, -0.25) is 9.59 Å². The largest absolute Gasteiger partial charge is 0.461 e. The van der Waals surface area contributed by atoms with Crippen molar-refractivity contribution in [2.75, 3.05) is 19.7 Å². The summed E-state index contributed by atoms with van der Waals surface area (Å²) in [6.07, 6.45) is 3.74. The predicted octanol–water partition coefficient (Wildman–Crippen LogP) is 3.04. The van der Waals surface area contributed by atoms with Gasteiger partial charge in [-0.2, -0.15) is 0 Å². The van der Waals surface area contributed by atoms with E-state index in [-0.39, 0.29) is 30.8 Å². The van der Waals surface area contributed by atoms with E-state index in [1.807, 2.05) is 13.8 Å². The van der Waals surface area contributed by atoms with Gasteiger partial charge in [0, 0.05) is 30.8 Å². The van der Waals surface area contributed by atoms with Gasteiger partial charge in [0.25, 0.3) is 0 Å². The Hall–Kier alpha value is -2.11. The lowest BCUT2D eigenvalue weighted by Gasteiger charge is -2.31. The first-order valence-electron chi connectivity index (χ1n) is 9.48. The summed E-state index contributed by atoms with van der Waals surface area (Å²) in [6, 6.07) is 0. The number of carbonyl (C=O) groups is 3. The molecule has 1 amide bonds. The molecular weight excluding hydrogens is 332 g/mol. The summed E-state index contributed by atoms with van der Waals surface area (Å²) >= 11 is 0. The number of ether oxygens (including phenoxy) is 1. The molecule has 1 aromatic rings. The lowest BCUT2D eigenvalue weighted by molar-refractivity contribution is -0.137. The summed E-state index contributed by atoms with van der Waals surface area (Å²) in [5.41, 5.74) is 2.28. The maximum Gasteiger partial charge on any atom is 0.355 e. The molecule has 0 N–H and O–H groups in total. The Morgan fingerprint density at radius 2 is 1.85 bits per heavy atom. The molecule has 0 atom stereocenters. The Morgan fingerprint density at radius 1 is 1.19 bits per heavy atom. The highest BCUT2D eigenvalue weighted by Gasteiger charge is 2.32. The molecule has 2 rings (SSSR count). The zero-order chi connectivity index (χ0) is 19.4. The smallest absolute Gasteiger partial charge is 0.355 e.